The van der Waals surface area contributed by atoms with Crippen molar-refractivity contribution in [3.63, 3.8) is 0 Å². The molecule has 3 heteroatoms. The molecule has 0 N–H and O–H groups in total. The van der Waals surface area contributed by atoms with Crippen molar-refractivity contribution < 1.29 is 0 Å². The summed E-state index contributed by atoms with van der Waals surface area (Å²) in [6.07, 6.45) is 9.67. The highest BCUT2D eigenvalue weighted by Gasteiger charge is 2.24. The molecule has 0 saturated carbocycles. The third-order valence-electron chi connectivity index (χ3n) is 8.04. The van der Waals surface area contributed by atoms with Crippen LogP contribution >= 0.6 is 0 Å². The molecule has 0 aliphatic heterocycles. The fraction of sp³-hybridized carbons (Fsp3) is 0.139. The maximum Gasteiger partial charge on any atom is 0.144 e. The average molecular weight is 506 g/mol. The van der Waals surface area contributed by atoms with Gasteiger partial charge in [-0.1, -0.05) is 73.7 Å². The summed E-state index contributed by atoms with van der Waals surface area (Å²) >= 11 is 0. The van der Waals surface area contributed by atoms with Gasteiger partial charge in [0.25, 0.3) is 0 Å². The van der Waals surface area contributed by atoms with Crippen LogP contribution in [0.25, 0.3) is 50.9 Å². The van der Waals surface area contributed by atoms with Crippen LogP contribution < -0.4 is 0 Å². The van der Waals surface area contributed by atoms with Crippen molar-refractivity contribution in [3.05, 3.63) is 132 Å². The number of rotatable bonds is 4. The van der Waals surface area contributed by atoms with Gasteiger partial charge in [-0.05, 0) is 78.9 Å². The summed E-state index contributed by atoms with van der Waals surface area (Å²) in [7, 11) is 0. The van der Waals surface area contributed by atoms with Gasteiger partial charge in [-0.25, -0.2) is 4.98 Å². The first-order chi connectivity index (χ1) is 19.1. The molecule has 1 aliphatic rings. The van der Waals surface area contributed by atoms with E-state index < -0.39 is 0 Å². The van der Waals surface area contributed by atoms with E-state index in [1.54, 1.807) is 0 Å². The highest BCUT2D eigenvalue weighted by Crippen LogP contribution is 2.41. The molecule has 0 fully saturated rings. The van der Waals surface area contributed by atoms with Gasteiger partial charge in [0.2, 0.25) is 0 Å². The third-order valence-corrected chi connectivity index (χ3v) is 8.04. The molecule has 3 nitrogen and oxygen atoms in total. The van der Waals surface area contributed by atoms with E-state index in [1.165, 1.54) is 55.8 Å². The number of hydrogen-bond acceptors (Lipinski definition) is 1. The Kier molecular flexibility index (Phi) is 5.59. The molecule has 6 aromatic rings. The summed E-state index contributed by atoms with van der Waals surface area (Å²) in [5.41, 5.74) is 12.5. The van der Waals surface area contributed by atoms with Gasteiger partial charge in [0.05, 0.1) is 11.2 Å². The fourth-order valence-electron chi connectivity index (χ4n) is 6.32. The normalized spacial score (nSPS) is 14.6. The quantitative estimate of drug-likeness (QED) is 0.234. The van der Waals surface area contributed by atoms with Gasteiger partial charge in [-0.3, -0.25) is 4.57 Å². The van der Waals surface area contributed by atoms with Crippen molar-refractivity contribution in [1.82, 2.24) is 14.1 Å². The zero-order valence-electron chi connectivity index (χ0n) is 22.6. The van der Waals surface area contributed by atoms with Gasteiger partial charge >= 0.3 is 0 Å². The van der Waals surface area contributed by atoms with Crippen molar-refractivity contribution in [2.45, 2.75) is 33.1 Å². The number of fused-ring (bicyclic) bond motifs is 3. The summed E-state index contributed by atoms with van der Waals surface area (Å²) in [6.45, 7) is 6.75. The standard InChI is InChI=1S/C36H31N3/c1-24-11-10-16-31-32-23-28(17-18-33(32)39(35(24)31)30-14-8-5-9-15-30)29-21-25(2)34(26(3)22-29)38-20-19-37-36(38)27-12-6-4-7-13-27/h4-10,12-24H,11H2,1-3H3. The Hall–Kier alpha value is -4.63. The van der Waals surface area contributed by atoms with E-state index in [-0.39, 0.29) is 0 Å². The van der Waals surface area contributed by atoms with Gasteiger partial charge in [-0.15, -0.1) is 0 Å². The lowest BCUT2D eigenvalue weighted by molar-refractivity contribution is 0.723. The predicted octanol–water partition coefficient (Wildman–Crippen LogP) is 9.29. The minimum atomic E-state index is 0.471. The second kappa shape index (κ2) is 9.28. The van der Waals surface area contributed by atoms with Crippen LogP contribution in [0.4, 0.5) is 0 Å². The molecule has 0 saturated heterocycles. The Morgan fingerprint density at radius 1 is 0.769 bits per heavy atom. The summed E-state index contributed by atoms with van der Waals surface area (Å²) in [5, 5.41) is 1.31. The Labute approximate surface area is 229 Å². The second-order valence-corrected chi connectivity index (χ2v) is 10.7. The van der Waals surface area contributed by atoms with Crippen LogP contribution in [0.2, 0.25) is 0 Å². The second-order valence-electron chi connectivity index (χ2n) is 10.7. The lowest BCUT2D eigenvalue weighted by Gasteiger charge is -2.19. The van der Waals surface area contributed by atoms with Gasteiger partial charge in [-0.2, -0.15) is 0 Å². The Morgan fingerprint density at radius 3 is 2.23 bits per heavy atom. The molecule has 0 radical (unpaired) electrons. The van der Waals surface area contributed by atoms with E-state index in [0.717, 1.165) is 17.8 Å². The minimum Gasteiger partial charge on any atom is -0.313 e. The van der Waals surface area contributed by atoms with E-state index >= 15 is 0 Å². The molecule has 1 unspecified atom stereocenters. The molecule has 190 valence electrons. The van der Waals surface area contributed by atoms with Crippen LogP contribution in [-0.2, 0) is 0 Å². The molecule has 4 aromatic carbocycles. The van der Waals surface area contributed by atoms with Crippen molar-refractivity contribution in [2.75, 3.05) is 0 Å². The monoisotopic (exact) mass is 505 g/mol. The van der Waals surface area contributed by atoms with E-state index in [1.807, 2.05) is 12.3 Å². The molecule has 2 heterocycles. The van der Waals surface area contributed by atoms with Gasteiger partial charge in [0, 0.05) is 46.2 Å². The molecule has 7 rings (SSSR count). The zero-order valence-corrected chi connectivity index (χ0v) is 22.6. The first-order valence-electron chi connectivity index (χ1n) is 13.7. The van der Waals surface area contributed by atoms with Crippen LogP contribution in [0.3, 0.4) is 0 Å². The predicted molar refractivity (Wildman–Crippen MR) is 163 cm³/mol. The molecule has 1 aliphatic carbocycles. The van der Waals surface area contributed by atoms with Crippen LogP contribution in [0.1, 0.15) is 41.6 Å². The van der Waals surface area contributed by atoms with Crippen LogP contribution in [-0.4, -0.2) is 14.1 Å². The molecule has 2 aromatic heterocycles. The number of aromatic nitrogens is 3. The number of benzene rings is 4. The highest BCUT2D eigenvalue weighted by molar-refractivity contribution is 5.96. The number of imidazole rings is 1. The Balaban J connectivity index is 1.37. The van der Waals surface area contributed by atoms with Crippen LogP contribution in [0.5, 0.6) is 0 Å². The Bertz CT molecular complexity index is 1830. The van der Waals surface area contributed by atoms with Crippen molar-refractivity contribution in [1.29, 1.82) is 0 Å². The highest BCUT2D eigenvalue weighted by atomic mass is 15.1. The first-order valence-corrected chi connectivity index (χ1v) is 13.7. The minimum absolute atomic E-state index is 0.471. The van der Waals surface area contributed by atoms with Gasteiger partial charge in [0.1, 0.15) is 5.82 Å². The summed E-state index contributed by atoms with van der Waals surface area (Å²) in [6, 6.07) is 32.8. The van der Waals surface area contributed by atoms with E-state index in [0.29, 0.717) is 5.92 Å². The number of allylic oxidation sites excluding steroid dienone is 1. The van der Waals surface area contributed by atoms with Crippen molar-refractivity contribution >= 4 is 17.0 Å². The lowest BCUT2D eigenvalue weighted by atomic mass is 9.92. The van der Waals surface area contributed by atoms with E-state index in [4.69, 9.17) is 0 Å². The number of aryl methyl sites for hydroxylation is 2. The topological polar surface area (TPSA) is 22.8 Å². The number of para-hydroxylation sites is 1. The van der Waals surface area contributed by atoms with Crippen molar-refractivity contribution in [2.24, 2.45) is 0 Å². The van der Waals surface area contributed by atoms with Crippen LogP contribution in [0.15, 0.2) is 109 Å². The first kappa shape index (κ1) is 23.5. The van der Waals surface area contributed by atoms with E-state index in [2.05, 4.69) is 138 Å². The summed E-state index contributed by atoms with van der Waals surface area (Å²) in [4.78, 5) is 4.69. The van der Waals surface area contributed by atoms with Crippen LogP contribution in [0, 0.1) is 13.8 Å². The smallest absolute Gasteiger partial charge is 0.144 e. The molecule has 1 atom stereocenters. The zero-order chi connectivity index (χ0) is 26.5. The van der Waals surface area contributed by atoms with Gasteiger partial charge < -0.3 is 4.57 Å². The summed E-state index contributed by atoms with van der Waals surface area (Å²) in [5.74, 6) is 1.43. The maximum absolute atomic E-state index is 4.69. The molecule has 0 bridgehead atoms. The Morgan fingerprint density at radius 2 is 1.49 bits per heavy atom. The summed E-state index contributed by atoms with van der Waals surface area (Å²) < 4.78 is 4.68. The largest absolute Gasteiger partial charge is 0.313 e. The van der Waals surface area contributed by atoms with Gasteiger partial charge in [0.15, 0.2) is 0 Å². The number of hydrogen-bond donors (Lipinski definition) is 0. The molecular weight excluding hydrogens is 474 g/mol. The lowest BCUT2D eigenvalue weighted by Crippen LogP contribution is -2.06. The maximum atomic E-state index is 4.69. The van der Waals surface area contributed by atoms with Crippen molar-refractivity contribution in [3.8, 4) is 33.9 Å². The molecule has 0 amide bonds. The SMILES string of the molecule is Cc1cc(-c2ccc3c(c2)c2c(n3-c3ccccc3)C(C)CC=C2)cc(C)c1-n1ccnc1-c1ccccc1. The average Bonchev–Trinajstić information content (AvgIpc) is 3.57. The number of nitrogens with zero attached hydrogens (tertiary/aromatic N) is 3. The molecular formula is C36H31N3. The van der Waals surface area contributed by atoms with E-state index in [9.17, 15) is 0 Å². The fourth-order valence-corrected chi connectivity index (χ4v) is 6.32. The molecule has 0 spiro atoms. The third kappa shape index (κ3) is 3.85. The molecule has 39 heavy (non-hydrogen) atoms.